The number of nitrogens with one attached hydrogen (secondary N) is 2. The van der Waals surface area contributed by atoms with Gasteiger partial charge in [0.15, 0.2) is 5.13 Å². The van der Waals surface area contributed by atoms with E-state index in [0.717, 1.165) is 9.97 Å². The molecule has 0 spiro atoms. The van der Waals surface area contributed by atoms with Crippen molar-refractivity contribution < 1.29 is 28.3 Å². The molecule has 38 heavy (non-hydrogen) atoms. The van der Waals surface area contributed by atoms with E-state index in [1.54, 1.807) is 24.2 Å². The molecule has 3 amide bonds. The number of anilines is 1. The van der Waals surface area contributed by atoms with Crippen molar-refractivity contribution in [2.45, 2.75) is 49.0 Å². The van der Waals surface area contributed by atoms with Crippen molar-refractivity contribution in [3.05, 3.63) is 24.0 Å². The minimum Gasteiger partial charge on any atom is -0.447 e. The van der Waals surface area contributed by atoms with Crippen LogP contribution in [-0.4, -0.2) is 78.8 Å². The van der Waals surface area contributed by atoms with Crippen LogP contribution in [0.15, 0.2) is 21.0 Å². The van der Waals surface area contributed by atoms with Crippen LogP contribution in [0.25, 0.3) is 0 Å². The monoisotopic (exact) mass is 568 g/mol. The van der Waals surface area contributed by atoms with Gasteiger partial charge in [-0.15, -0.1) is 11.8 Å². The van der Waals surface area contributed by atoms with Crippen molar-refractivity contribution in [3.8, 4) is 0 Å². The lowest BCUT2D eigenvalue weighted by atomic mass is 9.94. The molecule has 210 valence electrons. The molecule has 0 saturated carbocycles. The first-order valence-electron chi connectivity index (χ1n) is 12.4. The highest BCUT2D eigenvalue weighted by molar-refractivity contribution is 8.00. The predicted octanol–water partition coefficient (Wildman–Crippen LogP) is 2.60. The maximum Gasteiger partial charge on any atom is 0.404 e. The Labute approximate surface area is 230 Å². The smallest absolute Gasteiger partial charge is 0.404 e. The Balaban J connectivity index is 1.30. The van der Waals surface area contributed by atoms with Gasteiger partial charge in [0.25, 0.3) is 0 Å². The number of carbonyl (C=O) groups is 3. The minimum absolute atomic E-state index is 0.0417. The molecule has 12 nitrogen and oxygen atoms in total. The second kappa shape index (κ2) is 14.5. The molecule has 2 aromatic heterocycles. The number of amides is 3. The summed E-state index contributed by atoms with van der Waals surface area (Å²) in [7, 11) is 0. The van der Waals surface area contributed by atoms with Gasteiger partial charge in [-0.05, 0) is 25.9 Å². The molecule has 0 atom stereocenters. The fourth-order valence-corrected chi connectivity index (χ4v) is 5.35. The zero-order valence-corrected chi connectivity index (χ0v) is 23.6. The Morgan fingerprint density at radius 2 is 1.95 bits per heavy atom. The fourth-order valence-electron chi connectivity index (χ4n) is 3.63. The van der Waals surface area contributed by atoms with E-state index < -0.39 is 6.09 Å². The van der Waals surface area contributed by atoms with Gasteiger partial charge in [-0.2, -0.15) is 0 Å². The number of likely N-dealkylation sites (tertiary alicyclic amines) is 1. The summed E-state index contributed by atoms with van der Waals surface area (Å²) < 4.78 is 16.6. The number of carbonyl (C=O) groups excluding carboxylic acids is 3. The number of oxazole rings is 1. The van der Waals surface area contributed by atoms with Gasteiger partial charge >= 0.3 is 6.09 Å². The first-order valence-corrected chi connectivity index (χ1v) is 14.2. The number of hydrogen-bond donors (Lipinski definition) is 3. The van der Waals surface area contributed by atoms with Crippen molar-refractivity contribution in [1.29, 1.82) is 0 Å². The maximum absolute atomic E-state index is 12.7. The Hall–Kier alpha value is -2.68. The van der Waals surface area contributed by atoms with Gasteiger partial charge in [-0.3, -0.25) is 14.5 Å². The molecule has 3 rings (SSSR count). The zero-order valence-electron chi connectivity index (χ0n) is 22.0. The summed E-state index contributed by atoms with van der Waals surface area (Å²) in [6.45, 7) is 8.81. The van der Waals surface area contributed by atoms with Crippen LogP contribution < -0.4 is 16.4 Å². The van der Waals surface area contributed by atoms with Crippen molar-refractivity contribution in [2.75, 3.05) is 51.3 Å². The van der Waals surface area contributed by atoms with Gasteiger partial charge in [-0.25, -0.2) is 14.8 Å². The third kappa shape index (κ3) is 10.2. The molecule has 4 N–H and O–H groups in total. The van der Waals surface area contributed by atoms with E-state index in [4.69, 9.17) is 14.9 Å². The van der Waals surface area contributed by atoms with E-state index in [1.165, 1.54) is 11.3 Å². The number of nitrogens with zero attached hydrogens (tertiary/aromatic N) is 3. The summed E-state index contributed by atoms with van der Waals surface area (Å²) in [6.07, 6.45) is 4.03. The third-order valence-corrected chi connectivity index (χ3v) is 7.80. The summed E-state index contributed by atoms with van der Waals surface area (Å²) in [5.74, 6) is 1.86. The minimum atomic E-state index is -0.843. The molecule has 2 aromatic rings. The average Bonchev–Trinajstić information content (AvgIpc) is 3.52. The quantitative estimate of drug-likeness (QED) is 0.242. The SMILES string of the molecule is CC(C)(C)c1cnc(CSc2cnc(NC(=O)C3CCN(CC(=O)NCCOCCOC(N)=O)CC3)s2)o1. The zero-order chi connectivity index (χ0) is 27.5. The summed E-state index contributed by atoms with van der Waals surface area (Å²) in [6, 6.07) is 0. The molecule has 1 fully saturated rings. The number of rotatable bonds is 13. The number of thiazole rings is 1. The average molecular weight is 569 g/mol. The molecule has 1 aliphatic rings. The van der Waals surface area contributed by atoms with Gasteiger partial charge in [-0.1, -0.05) is 32.1 Å². The van der Waals surface area contributed by atoms with Crippen molar-refractivity contribution >= 4 is 46.1 Å². The molecule has 14 heteroatoms. The summed E-state index contributed by atoms with van der Waals surface area (Å²) in [4.78, 5) is 46.1. The maximum atomic E-state index is 12.7. The molecule has 0 aromatic carbocycles. The highest BCUT2D eigenvalue weighted by atomic mass is 32.2. The Bertz CT molecular complexity index is 1060. The van der Waals surface area contributed by atoms with E-state index >= 15 is 0 Å². The van der Waals surface area contributed by atoms with Gasteiger partial charge < -0.3 is 30.3 Å². The van der Waals surface area contributed by atoms with Crippen LogP contribution >= 0.6 is 23.1 Å². The normalized spacial score (nSPS) is 14.8. The van der Waals surface area contributed by atoms with Gasteiger partial charge in [0, 0.05) is 17.9 Å². The van der Waals surface area contributed by atoms with Crippen LogP contribution in [0.1, 0.15) is 45.3 Å². The van der Waals surface area contributed by atoms with E-state index in [1.807, 2.05) is 4.90 Å². The van der Waals surface area contributed by atoms with Crippen LogP contribution in [0.3, 0.4) is 0 Å². The molecule has 1 aliphatic heterocycles. The highest BCUT2D eigenvalue weighted by Crippen LogP contribution is 2.32. The first-order chi connectivity index (χ1) is 18.1. The van der Waals surface area contributed by atoms with Crippen LogP contribution in [0.2, 0.25) is 0 Å². The molecular formula is C24H36N6O6S2. The molecule has 0 radical (unpaired) electrons. The standard InChI is InChI=1S/C24H36N6O6S2/c1-24(2,3)17-12-27-19(36-17)15-37-20-13-28-23(38-20)29-21(32)16-4-7-30(8-5-16)14-18(31)26-6-9-34-10-11-35-22(25)33/h12-13,16H,4-11,14-15H2,1-3H3,(H2,25,33)(H,26,31)(H,28,29,32). The largest absolute Gasteiger partial charge is 0.447 e. The molecule has 0 aliphatic carbocycles. The number of hydrogen-bond acceptors (Lipinski definition) is 11. The summed E-state index contributed by atoms with van der Waals surface area (Å²) in [5.41, 5.74) is 4.77. The molecule has 0 unspecified atom stereocenters. The third-order valence-electron chi connectivity index (χ3n) is 5.71. The van der Waals surface area contributed by atoms with Crippen molar-refractivity contribution in [2.24, 2.45) is 11.7 Å². The van der Waals surface area contributed by atoms with E-state index in [-0.39, 0.29) is 42.9 Å². The topological polar surface area (TPSA) is 162 Å². The molecule has 0 bridgehead atoms. The fraction of sp³-hybridized carbons (Fsp3) is 0.625. The predicted molar refractivity (Wildman–Crippen MR) is 144 cm³/mol. The second-order valence-electron chi connectivity index (χ2n) is 9.81. The number of thioether (sulfide) groups is 1. The number of aromatic nitrogens is 2. The molecular weight excluding hydrogens is 532 g/mol. The van der Waals surface area contributed by atoms with E-state index in [9.17, 15) is 14.4 Å². The number of nitrogens with two attached hydrogens (primary N) is 1. The van der Waals surface area contributed by atoms with Crippen LogP contribution in [0.5, 0.6) is 0 Å². The van der Waals surface area contributed by atoms with Gasteiger partial charge in [0.05, 0.1) is 42.1 Å². The lowest BCUT2D eigenvalue weighted by molar-refractivity contribution is -0.123. The lowest BCUT2D eigenvalue weighted by Crippen LogP contribution is -2.44. The van der Waals surface area contributed by atoms with Crippen LogP contribution in [0, 0.1) is 5.92 Å². The molecule has 1 saturated heterocycles. The van der Waals surface area contributed by atoms with Gasteiger partial charge in [0.1, 0.15) is 12.4 Å². The van der Waals surface area contributed by atoms with E-state index in [0.29, 0.717) is 55.9 Å². The second-order valence-corrected chi connectivity index (χ2v) is 12.1. The highest BCUT2D eigenvalue weighted by Gasteiger charge is 2.26. The number of primary amides is 1. The Morgan fingerprint density at radius 3 is 2.63 bits per heavy atom. The molecule has 3 heterocycles. The number of piperidine rings is 1. The van der Waals surface area contributed by atoms with Gasteiger partial charge in [0.2, 0.25) is 17.7 Å². The lowest BCUT2D eigenvalue weighted by Gasteiger charge is -2.30. The Morgan fingerprint density at radius 1 is 1.18 bits per heavy atom. The summed E-state index contributed by atoms with van der Waals surface area (Å²) in [5, 5.41) is 6.30. The van der Waals surface area contributed by atoms with Crippen molar-refractivity contribution in [3.63, 3.8) is 0 Å². The Kier molecular flexibility index (Phi) is 11.4. The van der Waals surface area contributed by atoms with Crippen molar-refractivity contribution in [1.82, 2.24) is 20.2 Å². The van der Waals surface area contributed by atoms with Crippen LogP contribution in [-0.2, 0) is 30.2 Å². The van der Waals surface area contributed by atoms with Crippen LogP contribution in [0.4, 0.5) is 9.93 Å². The number of ether oxygens (including phenoxy) is 2. The van der Waals surface area contributed by atoms with E-state index in [2.05, 4.69) is 46.1 Å². The first kappa shape index (κ1) is 29.9. The summed E-state index contributed by atoms with van der Waals surface area (Å²) >= 11 is 3.00.